The van der Waals surface area contributed by atoms with Gasteiger partial charge in [-0.25, -0.2) is 9.78 Å². The lowest BCUT2D eigenvalue weighted by molar-refractivity contribution is -0.141. The summed E-state index contributed by atoms with van der Waals surface area (Å²) in [7, 11) is 0. The summed E-state index contributed by atoms with van der Waals surface area (Å²) in [5.41, 5.74) is -0.760. The van der Waals surface area contributed by atoms with E-state index in [2.05, 4.69) is 10.1 Å². The van der Waals surface area contributed by atoms with Crippen LogP contribution in [0.25, 0.3) is 10.9 Å². The number of carbonyl (C=O) groups is 3. The second-order valence-corrected chi connectivity index (χ2v) is 10.1. The topological polar surface area (TPSA) is 97.6 Å². The molecule has 0 radical (unpaired) electrons. The van der Waals surface area contributed by atoms with Crippen molar-refractivity contribution in [2.75, 3.05) is 26.2 Å². The molecular weight excluding hydrogens is 503 g/mol. The number of amides is 2. The number of piperazine rings is 1. The van der Waals surface area contributed by atoms with Crippen molar-refractivity contribution in [3.63, 3.8) is 0 Å². The van der Waals surface area contributed by atoms with E-state index >= 15 is 0 Å². The molecule has 202 valence electrons. The Bertz CT molecular complexity index is 1350. The molecule has 1 saturated heterocycles. The molecule has 0 bridgehead atoms. The first-order valence-corrected chi connectivity index (χ1v) is 12.1. The van der Waals surface area contributed by atoms with Gasteiger partial charge in [0.2, 0.25) is 5.91 Å². The third-order valence-corrected chi connectivity index (χ3v) is 5.89. The minimum Gasteiger partial charge on any atom is -0.444 e. The fraction of sp³-hybridized carbons (Fsp3) is 0.423. The molecule has 1 fully saturated rings. The first kappa shape index (κ1) is 27.1. The van der Waals surface area contributed by atoms with Gasteiger partial charge in [0, 0.05) is 44.2 Å². The van der Waals surface area contributed by atoms with Crippen molar-refractivity contribution in [3.8, 4) is 0 Å². The van der Waals surface area contributed by atoms with Crippen molar-refractivity contribution in [2.24, 2.45) is 0 Å². The van der Waals surface area contributed by atoms with Gasteiger partial charge >= 0.3 is 12.3 Å². The van der Waals surface area contributed by atoms with E-state index in [4.69, 9.17) is 4.74 Å². The SMILES string of the molecule is CC(C)(C)OC(=O)N1CCN(C(=O)Cn2cc3cc(CC(=O)c4cccc(C(F)(F)F)n4)ccc3n2)CC1. The molecule has 0 aliphatic carbocycles. The zero-order valence-corrected chi connectivity index (χ0v) is 21.3. The molecule has 4 rings (SSSR count). The molecule has 3 heterocycles. The number of halogens is 3. The fourth-order valence-corrected chi connectivity index (χ4v) is 4.04. The fourth-order valence-electron chi connectivity index (χ4n) is 4.04. The van der Waals surface area contributed by atoms with Crippen LogP contribution in [0, 0.1) is 0 Å². The van der Waals surface area contributed by atoms with Gasteiger partial charge in [-0.1, -0.05) is 12.1 Å². The molecule has 3 aromatic rings. The van der Waals surface area contributed by atoms with Gasteiger partial charge in [-0.05, 0) is 50.6 Å². The van der Waals surface area contributed by atoms with E-state index < -0.39 is 29.3 Å². The molecule has 1 aliphatic rings. The normalized spacial score (nSPS) is 14.6. The number of nitrogens with zero attached hydrogens (tertiary/aromatic N) is 5. The van der Waals surface area contributed by atoms with Crippen LogP contribution < -0.4 is 0 Å². The highest BCUT2D eigenvalue weighted by atomic mass is 19.4. The summed E-state index contributed by atoms with van der Waals surface area (Å²) in [4.78, 5) is 44.3. The molecule has 12 heteroatoms. The second kappa shape index (κ2) is 10.4. The maximum absolute atomic E-state index is 12.9. The van der Waals surface area contributed by atoms with E-state index in [1.54, 1.807) is 55.0 Å². The number of benzene rings is 1. The Morgan fingerprint density at radius 1 is 0.974 bits per heavy atom. The summed E-state index contributed by atoms with van der Waals surface area (Å²) in [6.07, 6.45) is -3.48. The van der Waals surface area contributed by atoms with E-state index in [0.717, 1.165) is 12.1 Å². The van der Waals surface area contributed by atoms with Gasteiger partial charge in [0.25, 0.3) is 0 Å². The van der Waals surface area contributed by atoms with E-state index in [0.29, 0.717) is 42.6 Å². The average Bonchev–Trinajstić information content (AvgIpc) is 3.24. The molecule has 0 unspecified atom stereocenters. The monoisotopic (exact) mass is 531 g/mol. The first-order chi connectivity index (χ1) is 17.8. The van der Waals surface area contributed by atoms with Crippen LogP contribution in [0.5, 0.6) is 0 Å². The summed E-state index contributed by atoms with van der Waals surface area (Å²) in [6.45, 7) is 6.92. The van der Waals surface area contributed by atoms with Gasteiger partial charge in [0.05, 0.1) is 5.52 Å². The largest absolute Gasteiger partial charge is 0.444 e. The lowest BCUT2D eigenvalue weighted by Crippen LogP contribution is -2.52. The minimum atomic E-state index is -4.63. The Morgan fingerprint density at radius 2 is 1.66 bits per heavy atom. The van der Waals surface area contributed by atoms with Crippen molar-refractivity contribution in [1.82, 2.24) is 24.6 Å². The molecule has 2 aromatic heterocycles. The van der Waals surface area contributed by atoms with E-state index in [9.17, 15) is 27.6 Å². The Morgan fingerprint density at radius 3 is 2.32 bits per heavy atom. The number of ether oxygens (including phenoxy) is 1. The minimum absolute atomic E-state index is 0.00351. The van der Waals surface area contributed by atoms with Gasteiger partial charge in [0.1, 0.15) is 23.5 Å². The first-order valence-electron chi connectivity index (χ1n) is 12.1. The Hall–Kier alpha value is -3.96. The number of hydrogen-bond acceptors (Lipinski definition) is 6. The molecule has 9 nitrogen and oxygen atoms in total. The van der Waals surface area contributed by atoms with Crippen molar-refractivity contribution in [2.45, 2.75) is 45.5 Å². The quantitative estimate of drug-likeness (QED) is 0.463. The van der Waals surface area contributed by atoms with Crippen molar-refractivity contribution in [3.05, 3.63) is 59.5 Å². The average molecular weight is 532 g/mol. The number of Topliss-reactive ketones (excluding diaryl/α,β-unsaturated/α-hetero) is 1. The highest BCUT2D eigenvalue weighted by Crippen LogP contribution is 2.27. The second-order valence-electron chi connectivity index (χ2n) is 10.1. The zero-order valence-electron chi connectivity index (χ0n) is 21.3. The molecule has 1 aromatic carbocycles. The van der Waals surface area contributed by atoms with Crippen molar-refractivity contribution in [1.29, 1.82) is 0 Å². The summed E-state index contributed by atoms with van der Waals surface area (Å²) in [5, 5.41) is 5.10. The van der Waals surface area contributed by atoms with Gasteiger partial charge in [-0.2, -0.15) is 18.3 Å². The standard InChI is InChI=1S/C26H28F3N5O4/c1-25(2,3)38-24(37)33-11-9-32(10-12-33)23(36)16-34-15-18-13-17(7-8-19(18)31-34)14-21(35)20-5-4-6-22(30-20)26(27,28)29/h4-8,13,15H,9-12,14,16H2,1-3H3. The summed E-state index contributed by atoms with van der Waals surface area (Å²) in [6, 6.07) is 8.31. The Kier molecular flexibility index (Phi) is 7.43. The predicted octanol–water partition coefficient (Wildman–Crippen LogP) is 3.95. The molecule has 0 spiro atoms. The molecule has 2 amide bonds. The third kappa shape index (κ3) is 6.67. The summed E-state index contributed by atoms with van der Waals surface area (Å²) in [5.74, 6) is -0.684. The van der Waals surface area contributed by atoms with E-state index in [-0.39, 0.29) is 24.6 Å². The van der Waals surface area contributed by atoms with Crippen molar-refractivity contribution < 1.29 is 32.3 Å². The van der Waals surface area contributed by atoms with Gasteiger partial charge in [-0.15, -0.1) is 0 Å². The van der Waals surface area contributed by atoms with Crippen LogP contribution in [0.3, 0.4) is 0 Å². The van der Waals surface area contributed by atoms with E-state index in [1.165, 1.54) is 10.7 Å². The number of ketones is 1. The maximum Gasteiger partial charge on any atom is 0.433 e. The highest BCUT2D eigenvalue weighted by molar-refractivity contribution is 5.96. The van der Waals surface area contributed by atoms with Crippen LogP contribution in [0.15, 0.2) is 42.6 Å². The van der Waals surface area contributed by atoms with E-state index in [1.807, 2.05) is 0 Å². The lowest BCUT2D eigenvalue weighted by Gasteiger charge is -2.35. The number of rotatable bonds is 5. The number of alkyl halides is 3. The van der Waals surface area contributed by atoms with Crippen LogP contribution in [-0.4, -0.2) is 74.1 Å². The Balaban J connectivity index is 1.36. The predicted molar refractivity (Wildman–Crippen MR) is 131 cm³/mol. The van der Waals surface area contributed by atoms with Crippen LogP contribution in [-0.2, 0) is 28.7 Å². The number of aromatic nitrogens is 3. The van der Waals surface area contributed by atoms with Crippen LogP contribution >= 0.6 is 0 Å². The van der Waals surface area contributed by atoms with Crippen LogP contribution in [0.1, 0.15) is 42.5 Å². The van der Waals surface area contributed by atoms with Crippen LogP contribution in [0.4, 0.5) is 18.0 Å². The molecule has 0 atom stereocenters. The lowest BCUT2D eigenvalue weighted by atomic mass is 10.0. The number of carbonyl (C=O) groups excluding carboxylic acids is 3. The maximum atomic E-state index is 12.9. The molecule has 38 heavy (non-hydrogen) atoms. The highest BCUT2D eigenvalue weighted by Gasteiger charge is 2.33. The zero-order chi connectivity index (χ0) is 27.7. The summed E-state index contributed by atoms with van der Waals surface area (Å²) < 4.78 is 45.6. The smallest absolute Gasteiger partial charge is 0.433 e. The number of pyridine rings is 1. The van der Waals surface area contributed by atoms with Gasteiger partial charge < -0.3 is 14.5 Å². The number of fused-ring (bicyclic) bond motifs is 1. The molecular formula is C26H28F3N5O4. The molecule has 0 saturated carbocycles. The molecule has 0 N–H and O–H groups in total. The van der Waals surface area contributed by atoms with Crippen LogP contribution in [0.2, 0.25) is 0 Å². The van der Waals surface area contributed by atoms with Crippen molar-refractivity contribution >= 4 is 28.7 Å². The third-order valence-electron chi connectivity index (χ3n) is 5.89. The number of hydrogen-bond donors (Lipinski definition) is 0. The van der Waals surface area contributed by atoms with Gasteiger partial charge in [-0.3, -0.25) is 14.3 Å². The molecule has 1 aliphatic heterocycles. The van der Waals surface area contributed by atoms with Gasteiger partial charge in [0.15, 0.2) is 5.78 Å². The summed E-state index contributed by atoms with van der Waals surface area (Å²) >= 11 is 0. The Labute approximate surface area is 217 Å².